The van der Waals surface area contributed by atoms with Gasteiger partial charge in [-0.1, -0.05) is 41.9 Å². The van der Waals surface area contributed by atoms with E-state index in [9.17, 15) is 0 Å². The molecule has 0 saturated carbocycles. The lowest BCUT2D eigenvalue weighted by molar-refractivity contribution is 0.340. The number of benzene rings is 3. The molecule has 0 fully saturated rings. The number of rotatable bonds is 2. The van der Waals surface area contributed by atoms with E-state index in [1.165, 1.54) is 17.0 Å². The number of fused-ring (bicyclic) bond motifs is 2. The number of halogens is 1. The van der Waals surface area contributed by atoms with Crippen LogP contribution >= 0.6 is 11.6 Å². The lowest BCUT2D eigenvalue weighted by atomic mass is 9.98. The second-order valence-electron chi connectivity index (χ2n) is 6.82. The highest BCUT2D eigenvalue weighted by Crippen LogP contribution is 2.41. The first-order valence-corrected chi connectivity index (χ1v) is 9.45. The summed E-state index contributed by atoms with van der Waals surface area (Å²) < 4.78 is 6.05. The molecule has 0 aromatic heterocycles. The van der Waals surface area contributed by atoms with Gasteiger partial charge in [-0.15, -0.1) is 0 Å². The number of hydrogen-bond acceptors (Lipinski definition) is 3. The Labute approximate surface area is 164 Å². The van der Waals surface area contributed by atoms with Crippen molar-refractivity contribution in [3.8, 4) is 5.75 Å². The fraction of sp³-hybridized carbons (Fsp3) is 0.130. The van der Waals surface area contributed by atoms with Gasteiger partial charge in [0.05, 0.1) is 12.4 Å². The summed E-state index contributed by atoms with van der Waals surface area (Å²) in [6.07, 6.45) is 0. The Morgan fingerprint density at radius 1 is 0.778 bits per heavy atom. The molecule has 3 nitrogen and oxygen atoms in total. The number of nitrogens with zero attached hydrogens (tertiary/aromatic N) is 2. The van der Waals surface area contributed by atoms with Crippen molar-refractivity contribution in [2.45, 2.75) is 0 Å². The molecule has 0 bridgehead atoms. The molecule has 27 heavy (non-hydrogen) atoms. The van der Waals surface area contributed by atoms with Crippen LogP contribution in [0.5, 0.6) is 5.75 Å². The molecule has 2 aliphatic heterocycles. The summed E-state index contributed by atoms with van der Waals surface area (Å²) in [5, 5.41) is 0.747. The quantitative estimate of drug-likeness (QED) is 0.595. The van der Waals surface area contributed by atoms with Crippen LogP contribution in [0.25, 0.3) is 5.70 Å². The van der Waals surface area contributed by atoms with Crippen molar-refractivity contribution in [2.24, 2.45) is 0 Å². The Kier molecular flexibility index (Phi) is 4.02. The zero-order valence-electron chi connectivity index (χ0n) is 14.8. The van der Waals surface area contributed by atoms with Crippen LogP contribution in [0, 0.1) is 0 Å². The zero-order valence-corrected chi connectivity index (χ0v) is 15.6. The minimum atomic E-state index is 0.611. The molecule has 0 saturated heterocycles. The molecule has 0 radical (unpaired) electrons. The summed E-state index contributed by atoms with van der Waals surface area (Å²) in [4.78, 5) is 4.74. The number of ether oxygens (including phenoxy) is 1. The summed E-state index contributed by atoms with van der Waals surface area (Å²) >= 11 is 6.13. The maximum absolute atomic E-state index is 6.13. The summed E-state index contributed by atoms with van der Waals surface area (Å²) in [5.74, 6) is 0.948. The van der Waals surface area contributed by atoms with Crippen molar-refractivity contribution in [2.75, 3.05) is 29.6 Å². The standard InChI is InChI=1S/C23H19ClN2O/c24-18-10-12-20(13-11-18)26-16-25(19-6-2-1-3-7-19)14-17-15-27-22-9-5-4-8-21(22)23(17)26/h1-13H,14-16H2. The van der Waals surface area contributed by atoms with E-state index in [1.54, 1.807) is 0 Å². The molecule has 0 aliphatic carbocycles. The van der Waals surface area contributed by atoms with E-state index in [1.807, 2.05) is 24.3 Å². The maximum atomic E-state index is 6.13. The number of hydrogen-bond donors (Lipinski definition) is 0. The molecule has 3 aromatic carbocycles. The molecule has 3 aromatic rings. The first kappa shape index (κ1) is 16.3. The van der Waals surface area contributed by atoms with Crippen molar-refractivity contribution < 1.29 is 4.74 Å². The number of anilines is 2. The molecular formula is C23H19ClN2O. The SMILES string of the molecule is Clc1ccc(N2CN(c3ccccc3)CC3=C2c2ccccc2OC3)cc1. The highest BCUT2D eigenvalue weighted by molar-refractivity contribution is 6.30. The largest absolute Gasteiger partial charge is 0.488 e. The number of para-hydroxylation sites is 2. The maximum Gasteiger partial charge on any atom is 0.129 e. The van der Waals surface area contributed by atoms with E-state index >= 15 is 0 Å². The van der Waals surface area contributed by atoms with Gasteiger partial charge in [0.15, 0.2) is 0 Å². The van der Waals surface area contributed by atoms with E-state index < -0.39 is 0 Å². The van der Waals surface area contributed by atoms with E-state index in [0.29, 0.717) is 6.61 Å². The van der Waals surface area contributed by atoms with Crippen LogP contribution in [0.3, 0.4) is 0 Å². The van der Waals surface area contributed by atoms with Gasteiger partial charge in [-0.2, -0.15) is 0 Å². The molecule has 2 heterocycles. The van der Waals surface area contributed by atoms with Gasteiger partial charge in [0, 0.05) is 34.1 Å². The van der Waals surface area contributed by atoms with Crippen LogP contribution in [0.15, 0.2) is 84.4 Å². The fourth-order valence-electron chi connectivity index (χ4n) is 3.83. The fourth-order valence-corrected chi connectivity index (χ4v) is 3.96. The Morgan fingerprint density at radius 2 is 1.52 bits per heavy atom. The minimum absolute atomic E-state index is 0.611. The van der Waals surface area contributed by atoms with Crippen LogP contribution in [0.1, 0.15) is 5.56 Å². The Morgan fingerprint density at radius 3 is 2.33 bits per heavy atom. The molecule has 0 amide bonds. The van der Waals surface area contributed by atoms with Crippen LogP contribution in [-0.4, -0.2) is 19.8 Å². The van der Waals surface area contributed by atoms with E-state index in [2.05, 4.69) is 64.4 Å². The first-order valence-electron chi connectivity index (χ1n) is 9.07. The Balaban J connectivity index is 1.64. The topological polar surface area (TPSA) is 15.7 Å². The van der Waals surface area contributed by atoms with Gasteiger partial charge in [-0.05, 0) is 48.5 Å². The molecule has 0 N–H and O–H groups in total. The van der Waals surface area contributed by atoms with Gasteiger partial charge < -0.3 is 14.5 Å². The highest BCUT2D eigenvalue weighted by atomic mass is 35.5. The van der Waals surface area contributed by atoms with Crippen molar-refractivity contribution in [3.05, 3.63) is 95.0 Å². The molecular weight excluding hydrogens is 356 g/mol. The summed E-state index contributed by atoms with van der Waals surface area (Å²) in [5.41, 5.74) is 6.04. The van der Waals surface area contributed by atoms with Gasteiger partial charge in [-0.25, -0.2) is 0 Å². The van der Waals surface area contributed by atoms with Gasteiger partial charge in [-0.3, -0.25) is 0 Å². The van der Waals surface area contributed by atoms with Crippen molar-refractivity contribution in [3.63, 3.8) is 0 Å². The average Bonchev–Trinajstić information content (AvgIpc) is 2.74. The van der Waals surface area contributed by atoms with Crippen LogP contribution in [0.2, 0.25) is 5.02 Å². The molecule has 0 unspecified atom stereocenters. The predicted molar refractivity (Wildman–Crippen MR) is 111 cm³/mol. The van der Waals surface area contributed by atoms with Gasteiger partial charge in [0.2, 0.25) is 0 Å². The summed E-state index contributed by atoms with van der Waals surface area (Å²) in [6.45, 7) is 2.25. The molecule has 134 valence electrons. The van der Waals surface area contributed by atoms with Gasteiger partial charge in [0.25, 0.3) is 0 Å². The monoisotopic (exact) mass is 374 g/mol. The molecule has 5 rings (SSSR count). The summed E-state index contributed by atoms with van der Waals surface area (Å²) in [6, 6.07) is 26.9. The molecule has 0 atom stereocenters. The van der Waals surface area contributed by atoms with Crippen molar-refractivity contribution in [1.29, 1.82) is 0 Å². The molecule has 4 heteroatoms. The van der Waals surface area contributed by atoms with E-state index in [4.69, 9.17) is 16.3 Å². The minimum Gasteiger partial charge on any atom is -0.488 e. The molecule has 2 aliphatic rings. The van der Waals surface area contributed by atoms with Crippen LogP contribution < -0.4 is 14.5 Å². The predicted octanol–water partition coefficient (Wildman–Crippen LogP) is 5.43. The second-order valence-corrected chi connectivity index (χ2v) is 7.25. The van der Waals surface area contributed by atoms with Crippen molar-refractivity contribution in [1.82, 2.24) is 0 Å². The van der Waals surface area contributed by atoms with Gasteiger partial charge in [0.1, 0.15) is 12.4 Å². The van der Waals surface area contributed by atoms with Crippen LogP contribution in [-0.2, 0) is 0 Å². The normalized spacial score (nSPS) is 15.9. The second kappa shape index (κ2) is 6.67. The lowest BCUT2D eigenvalue weighted by Gasteiger charge is -2.43. The van der Waals surface area contributed by atoms with Crippen LogP contribution in [0.4, 0.5) is 11.4 Å². The Hall–Kier alpha value is -2.91. The zero-order chi connectivity index (χ0) is 18.2. The third-order valence-electron chi connectivity index (χ3n) is 5.10. The lowest BCUT2D eigenvalue weighted by Crippen LogP contribution is -2.45. The average molecular weight is 375 g/mol. The first-order chi connectivity index (χ1) is 13.3. The smallest absolute Gasteiger partial charge is 0.129 e. The van der Waals surface area contributed by atoms with Gasteiger partial charge >= 0.3 is 0 Å². The van der Waals surface area contributed by atoms with E-state index in [0.717, 1.165) is 35.2 Å². The highest BCUT2D eigenvalue weighted by Gasteiger charge is 2.31. The molecule has 0 spiro atoms. The van der Waals surface area contributed by atoms with Crippen molar-refractivity contribution >= 4 is 28.7 Å². The van der Waals surface area contributed by atoms with E-state index in [-0.39, 0.29) is 0 Å². The third-order valence-corrected chi connectivity index (χ3v) is 5.35. The summed E-state index contributed by atoms with van der Waals surface area (Å²) in [7, 11) is 0. The Bertz CT molecular complexity index is 998. The third kappa shape index (κ3) is 2.94.